The number of halogens is 1. The second-order valence-electron chi connectivity index (χ2n) is 8.16. The van der Waals surface area contributed by atoms with Crippen LogP contribution in [-0.4, -0.2) is 23.0 Å². The SMILES string of the molecule is NCc1ccc(C(=O)Nc2ccncc2F)cc1-c1cccc(CC(=O)OC2CCCC2)c1. The first kappa shape index (κ1) is 22.6. The molecule has 3 aromatic rings. The molecular formula is C26H26FN3O3. The Morgan fingerprint density at radius 3 is 2.70 bits per heavy atom. The summed E-state index contributed by atoms with van der Waals surface area (Å²) in [6.45, 7) is 0.282. The van der Waals surface area contributed by atoms with Crippen molar-refractivity contribution in [3.63, 3.8) is 0 Å². The van der Waals surface area contributed by atoms with E-state index in [4.69, 9.17) is 10.5 Å². The Bertz CT molecular complexity index is 1160. The van der Waals surface area contributed by atoms with Gasteiger partial charge in [0, 0.05) is 18.3 Å². The highest BCUT2D eigenvalue weighted by atomic mass is 19.1. The molecule has 170 valence electrons. The minimum absolute atomic E-state index is 0.0324. The molecular weight excluding hydrogens is 421 g/mol. The van der Waals surface area contributed by atoms with Crippen molar-refractivity contribution >= 4 is 17.6 Å². The van der Waals surface area contributed by atoms with E-state index in [9.17, 15) is 14.0 Å². The lowest BCUT2D eigenvalue weighted by Crippen LogP contribution is -2.16. The number of aromatic nitrogens is 1. The van der Waals surface area contributed by atoms with Crippen LogP contribution in [0.15, 0.2) is 60.9 Å². The molecule has 0 unspecified atom stereocenters. The number of benzene rings is 2. The molecule has 0 spiro atoms. The molecule has 1 aromatic heterocycles. The summed E-state index contributed by atoms with van der Waals surface area (Å²) in [6, 6.07) is 14.1. The quantitative estimate of drug-likeness (QED) is 0.515. The molecule has 1 fully saturated rings. The molecule has 0 aliphatic heterocycles. The first-order valence-electron chi connectivity index (χ1n) is 11.1. The van der Waals surface area contributed by atoms with Crippen LogP contribution in [0, 0.1) is 5.82 Å². The highest BCUT2D eigenvalue weighted by Crippen LogP contribution is 2.27. The number of hydrogen-bond acceptors (Lipinski definition) is 5. The van der Waals surface area contributed by atoms with E-state index in [0.29, 0.717) is 5.56 Å². The Hall–Kier alpha value is -3.58. The predicted octanol–water partition coefficient (Wildman–Crippen LogP) is 4.63. The van der Waals surface area contributed by atoms with Crippen LogP contribution < -0.4 is 11.1 Å². The van der Waals surface area contributed by atoms with E-state index in [2.05, 4.69) is 10.3 Å². The second-order valence-corrected chi connectivity index (χ2v) is 8.16. The maximum atomic E-state index is 13.9. The van der Waals surface area contributed by atoms with Gasteiger partial charge in [0.2, 0.25) is 0 Å². The highest BCUT2D eigenvalue weighted by molar-refractivity contribution is 6.05. The number of hydrogen-bond donors (Lipinski definition) is 2. The summed E-state index contributed by atoms with van der Waals surface area (Å²) in [6.07, 6.45) is 6.74. The molecule has 1 heterocycles. The molecule has 0 atom stereocenters. The molecule has 0 radical (unpaired) electrons. The molecule has 7 heteroatoms. The number of nitrogens with two attached hydrogens (primary N) is 1. The van der Waals surface area contributed by atoms with Gasteiger partial charge in [-0.3, -0.25) is 14.6 Å². The molecule has 2 aromatic carbocycles. The summed E-state index contributed by atoms with van der Waals surface area (Å²) in [4.78, 5) is 28.8. The number of nitrogens with zero attached hydrogens (tertiary/aromatic N) is 1. The van der Waals surface area contributed by atoms with Crippen molar-refractivity contribution in [3.05, 3.63) is 83.4 Å². The van der Waals surface area contributed by atoms with E-state index in [1.165, 1.54) is 12.3 Å². The molecule has 6 nitrogen and oxygen atoms in total. The molecule has 3 N–H and O–H groups in total. The summed E-state index contributed by atoms with van der Waals surface area (Å²) in [7, 11) is 0. The predicted molar refractivity (Wildman–Crippen MR) is 124 cm³/mol. The van der Waals surface area contributed by atoms with E-state index >= 15 is 0 Å². The van der Waals surface area contributed by atoms with E-state index < -0.39 is 11.7 Å². The number of anilines is 1. The molecule has 0 bridgehead atoms. The Labute approximate surface area is 192 Å². The average molecular weight is 448 g/mol. The molecule has 33 heavy (non-hydrogen) atoms. The van der Waals surface area contributed by atoms with Gasteiger partial charge in [0.15, 0.2) is 5.82 Å². The number of pyridine rings is 1. The zero-order valence-corrected chi connectivity index (χ0v) is 18.2. The van der Waals surface area contributed by atoms with Crippen molar-refractivity contribution in [3.8, 4) is 11.1 Å². The second kappa shape index (κ2) is 10.4. The fourth-order valence-electron chi connectivity index (χ4n) is 4.08. The lowest BCUT2D eigenvalue weighted by atomic mass is 9.95. The minimum atomic E-state index is -0.609. The standard InChI is InChI=1S/C26H26FN3O3/c27-23-16-29-11-10-24(23)30-26(32)19-8-9-20(15-28)22(14-19)18-5-3-4-17(12-18)13-25(31)33-21-6-1-2-7-21/h3-5,8-12,14,16,21H,1-2,6-7,13,15,28H2,(H,29,30,32). The Kier molecular flexibility index (Phi) is 7.10. The van der Waals surface area contributed by atoms with Crippen molar-refractivity contribution in [2.75, 3.05) is 5.32 Å². The summed E-state index contributed by atoms with van der Waals surface area (Å²) in [5, 5.41) is 2.57. The number of rotatable bonds is 7. The van der Waals surface area contributed by atoms with Gasteiger partial charge in [-0.2, -0.15) is 0 Å². The highest BCUT2D eigenvalue weighted by Gasteiger charge is 2.19. The van der Waals surface area contributed by atoms with Crippen LogP contribution in [0.2, 0.25) is 0 Å². The van der Waals surface area contributed by atoms with E-state index in [1.54, 1.807) is 18.2 Å². The van der Waals surface area contributed by atoms with Gasteiger partial charge in [0.25, 0.3) is 5.91 Å². The van der Waals surface area contributed by atoms with Gasteiger partial charge in [0.05, 0.1) is 18.3 Å². The first-order valence-corrected chi connectivity index (χ1v) is 11.1. The fourth-order valence-corrected chi connectivity index (χ4v) is 4.08. The Morgan fingerprint density at radius 1 is 1.12 bits per heavy atom. The number of nitrogens with one attached hydrogen (secondary N) is 1. The summed E-state index contributed by atoms with van der Waals surface area (Å²) >= 11 is 0. The molecule has 1 aliphatic carbocycles. The number of esters is 1. The van der Waals surface area contributed by atoms with Crippen LogP contribution in [0.3, 0.4) is 0 Å². The van der Waals surface area contributed by atoms with Gasteiger partial charge in [-0.15, -0.1) is 0 Å². The van der Waals surface area contributed by atoms with E-state index in [-0.39, 0.29) is 30.7 Å². The van der Waals surface area contributed by atoms with Gasteiger partial charge < -0.3 is 15.8 Å². The van der Waals surface area contributed by atoms with Crippen molar-refractivity contribution < 1.29 is 18.7 Å². The maximum Gasteiger partial charge on any atom is 0.310 e. The van der Waals surface area contributed by atoms with E-state index in [1.807, 2.05) is 24.3 Å². The zero-order chi connectivity index (χ0) is 23.2. The summed E-state index contributed by atoms with van der Waals surface area (Å²) in [5.74, 6) is -1.28. The molecule has 1 saturated carbocycles. The van der Waals surface area contributed by atoms with Crippen LogP contribution in [0.5, 0.6) is 0 Å². The van der Waals surface area contributed by atoms with Crippen molar-refractivity contribution in [2.24, 2.45) is 5.73 Å². The van der Waals surface area contributed by atoms with Crippen molar-refractivity contribution in [1.82, 2.24) is 4.98 Å². The van der Waals surface area contributed by atoms with Gasteiger partial charge in [-0.25, -0.2) is 4.39 Å². The molecule has 4 rings (SSSR count). The normalized spacial score (nSPS) is 13.6. The first-order chi connectivity index (χ1) is 16.0. The van der Waals surface area contributed by atoms with E-state index in [0.717, 1.165) is 54.1 Å². The molecule has 0 saturated heterocycles. The monoisotopic (exact) mass is 447 g/mol. The van der Waals surface area contributed by atoms with Crippen LogP contribution in [-0.2, 0) is 22.5 Å². The lowest BCUT2D eigenvalue weighted by Gasteiger charge is -2.14. The fraction of sp³-hybridized carbons (Fsp3) is 0.269. The maximum absolute atomic E-state index is 13.9. The lowest BCUT2D eigenvalue weighted by molar-refractivity contribution is -0.147. The minimum Gasteiger partial charge on any atom is -0.462 e. The van der Waals surface area contributed by atoms with Gasteiger partial charge in [-0.1, -0.05) is 30.3 Å². The zero-order valence-electron chi connectivity index (χ0n) is 18.2. The van der Waals surface area contributed by atoms with Crippen LogP contribution in [0.1, 0.15) is 47.2 Å². The third-order valence-corrected chi connectivity index (χ3v) is 5.80. The third-order valence-electron chi connectivity index (χ3n) is 5.80. The number of carbonyl (C=O) groups excluding carboxylic acids is 2. The van der Waals surface area contributed by atoms with Crippen LogP contribution in [0.25, 0.3) is 11.1 Å². The Balaban J connectivity index is 1.55. The van der Waals surface area contributed by atoms with Gasteiger partial charge in [0.1, 0.15) is 6.10 Å². The van der Waals surface area contributed by atoms with Crippen LogP contribution in [0.4, 0.5) is 10.1 Å². The summed E-state index contributed by atoms with van der Waals surface area (Å²) in [5.41, 5.74) is 9.66. The number of amides is 1. The molecule has 1 aliphatic rings. The third kappa shape index (κ3) is 5.62. The van der Waals surface area contributed by atoms with Crippen molar-refractivity contribution in [2.45, 2.75) is 44.8 Å². The number of ether oxygens (including phenoxy) is 1. The Morgan fingerprint density at radius 2 is 1.94 bits per heavy atom. The van der Waals surface area contributed by atoms with Crippen LogP contribution >= 0.6 is 0 Å². The number of carbonyl (C=O) groups is 2. The average Bonchev–Trinajstić information content (AvgIpc) is 3.33. The summed E-state index contributed by atoms with van der Waals surface area (Å²) < 4.78 is 19.4. The smallest absolute Gasteiger partial charge is 0.310 e. The largest absolute Gasteiger partial charge is 0.462 e. The molecule has 1 amide bonds. The topological polar surface area (TPSA) is 94.3 Å². The van der Waals surface area contributed by atoms with Crippen molar-refractivity contribution in [1.29, 1.82) is 0 Å². The van der Waals surface area contributed by atoms with Gasteiger partial charge in [-0.05, 0) is 66.1 Å². The van der Waals surface area contributed by atoms with Gasteiger partial charge >= 0.3 is 5.97 Å².